The van der Waals surface area contributed by atoms with Crippen LogP contribution in [0, 0.1) is 0 Å². The smallest absolute Gasteiger partial charge is 0.239 e. The van der Waals surface area contributed by atoms with Crippen LogP contribution in [0.3, 0.4) is 0 Å². The van der Waals surface area contributed by atoms with Crippen molar-refractivity contribution in [2.45, 2.75) is 64.3 Å². The minimum Gasteiger partial charge on any atom is -0.309 e. The number of aromatic nitrogens is 2. The van der Waals surface area contributed by atoms with Crippen LogP contribution in [-0.4, -0.2) is 64.3 Å². The lowest BCUT2D eigenvalue weighted by Crippen LogP contribution is -2.48. The van der Waals surface area contributed by atoms with Crippen molar-refractivity contribution in [3.05, 3.63) is 42.1 Å². The van der Waals surface area contributed by atoms with Gasteiger partial charge in [0.05, 0.1) is 17.9 Å². The van der Waals surface area contributed by atoms with Crippen LogP contribution >= 0.6 is 0 Å². The Balaban J connectivity index is 1.38. The lowest BCUT2D eigenvalue weighted by molar-refractivity contribution is -0.117. The number of anilines is 1. The zero-order valence-corrected chi connectivity index (χ0v) is 19.3. The Kier molecular flexibility index (Phi) is 6.77. The molecule has 6 heteroatoms. The van der Waals surface area contributed by atoms with Crippen molar-refractivity contribution in [1.29, 1.82) is 0 Å². The van der Waals surface area contributed by atoms with Crippen LogP contribution in [0.2, 0.25) is 0 Å². The molecule has 0 bridgehead atoms. The summed E-state index contributed by atoms with van der Waals surface area (Å²) in [7, 11) is 0. The van der Waals surface area contributed by atoms with Gasteiger partial charge in [0, 0.05) is 30.6 Å². The lowest BCUT2D eigenvalue weighted by atomic mass is 9.92. The molecule has 0 aliphatic carbocycles. The molecule has 1 amide bonds. The van der Waals surface area contributed by atoms with Gasteiger partial charge in [-0.1, -0.05) is 45.4 Å². The van der Waals surface area contributed by atoms with E-state index in [9.17, 15) is 4.79 Å². The summed E-state index contributed by atoms with van der Waals surface area (Å²) in [4.78, 5) is 17.9. The van der Waals surface area contributed by atoms with Crippen molar-refractivity contribution in [2.24, 2.45) is 0 Å². The predicted octanol–water partition coefficient (Wildman–Crippen LogP) is 4.06. The van der Waals surface area contributed by atoms with Gasteiger partial charge in [0.15, 0.2) is 0 Å². The Labute approximate surface area is 186 Å². The highest BCUT2D eigenvalue weighted by Gasteiger charge is 2.27. The fourth-order valence-corrected chi connectivity index (χ4v) is 4.71. The van der Waals surface area contributed by atoms with E-state index in [1.807, 2.05) is 41.1 Å². The lowest BCUT2D eigenvalue weighted by Gasteiger charge is -2.40. The Bertz CT molecular complexity index is 856. The summed E-state index contributed by atoms with van der Waals surface area (Å²) in [6.07, 6.45) is 6.40. The first kappa shape index (κ1) is 22.0. The van der Waals surface area contributed by atoms with Gasteiger partial charge >= 0.3 is 0 Å². The molecule has 2 aliphatic heterocycles. The molecule has 0 spiro atoms. The zero-order valence-electron chi connectivity index (χ0n) is 19.3. The molecular weight excluding hydrogens is 386 g/mol. The molecule has 6 nitrogen and oxygen atoms in total. The maximum atomic E-state index is 12.9. The van der Waals surface area contributed by atoms with E-state index < -0.39 is 0 Å². The fraction of sp³-hybridized carbons (Fsp3) is 0.600. The first-order valence-electron chi connectivity index (χ1n) is 11.8. The molecule has 168 valence electrons. The van der Waals surface area contributed by atoms with Crippen LogP contribution in [0.5, 0.6) is 0 Å². The van der Waals surface area contributed by atoms with E-state index in [1.54, 1.807) is 0 Å². The van der Waals surface area contributed by atoms with Gasteiger partial charge < -0.3 is 10.2 Å². The molecule has 2 fully saturated rings. The van der Waals surface area contributed by atoms with Crippen molar-refractivity contribution in [1.82, 2.24) is 19.6 Å². The van der Waals surface area contributed by atoms with Crippen LogP contribution in [0.15, 0.2) is 36.4 Å². The largest absolute Gasteiger partial charge is 0.309 e. The van der Waals surface area contributed by atoms with Gasteiger partial charge in [-0.05, 0) is 50.9 Å². The van der Waals surface area contributed by atoms with E-state index in [1.165, 1.54) is 45.2 Å². The van der Waals surface area contributed by atoms with Gasteiger partial charge in [0.1, 0.15) is 5.82 Å². The molecule has 0 radical (unpaired) electrons. The fourth-order valence-electron chi connectivity index (χ4n) is 4.71. The second-order valence-corrected chi connectivity index (χ2v) is 10.1. The van der Waals surface area contributed by atoms with E-state index in [2.05, 4.69) is 35.9 Å². The molecule has 0 saturated carbocycles. The third kappa shape index (κ3) is 5.55. The van der Waals surface area contributed by atoms with Gasteiger partial charge in [0.2, 0.25) is 5.91 Å². The van der Waals surface area contributed by atoms with Gasteiger partial charge in [0.25, 0.3) is 0 Å². The second-order valence-electron chi connectivity index (χ2n) is 10.1. The summed E-state index contributed by atoms with van der Waals surface area (Å²) in [6.45, 7) is 11.4. The van der Waals surface area contributed by atoms with Crippen molar-refractivity contribution in [3.8, 4) is 5.69 Å². The van der Waals surface area contributed by atoms with E-state index in [4.69, 9.17) is 5.10 Å². The number of nitrogens with one attached hydrogen (secondary N) is 1. The maximum absolute atomic E-state index is 12.9. The van der Waals surface area contributed by atoms with E-state index >= 15 is 0 Å². The number of likely N-dealkylation sites (tertiary alicyclic amines) is 2. The van der Waals surface area contributed by atoms with Crippen LogP contribution in [0.25, 0.3) is 5.69 Å². The summed E-state index contributed by atoms with van der Waals surface area (Å²) >= 11 is 0. The molecule has 2 saturated heterocycles. The minimum absolute atomic E-state index is 0.0361. The highest BCUT2D eigenvalue weighted by molar-refractivity contribution is 5.91. The summed E-state index contributed by atoms with van der Waals surface area (Å²) in [5.41, 5.74) is 1.83. The summed E-state index contributed by atoms with van der Waals surface area (Å²) in [5.74, 6) is 0.776. The zero-order chi connectivity index (χ0) is 21.8. The first-order valence-corrected chi connectivity index (χ1v) is 11.8. The van der Waals surface area contributed by atoms with Crippen LogP contribution in [-0.2, 0) is 10.2 Å². The highest BCUT2D eigenvalue weighted by Crippen LogP contribution is 2.26. The van der Waals surface area contributed by atoms with Gasteiger partial charge in [-0.2, -0.15) is 5.10 Å². The number of piperidine rings is 2. The summed E-state index contributed by atoms with van der Waals surface area (Å²) in [5, 5.41) is 7.93. The molecule has 0 unspecified atom stereocenters. The number of hydrogen-bond donors (Lipinski definition) is 1. The van der Waals surface area contributed by atoms with Crippen molar-refractivity contribution in [3.63, 3.8) is 0 Å². The number of benzene rings is 1. The molecule has 1 N–H and O–H groups in total. The predicted molar refractivity (Wildman–Crippen MR) is 126 cm³/mol. The molecular formula is C25H37N5O. The molecule has 1 aromatic carbocycles. The number of amides is 1. The highest BCUT2D eigenvalue weighted by atomic mass is 16.2. The topological polar surface area (TPSA) is 53.4 Å². The summed E-state index contributed by atoms with van der Waals surface area (Å²) in [6, 6.07) is 12.7. The Morgan fingerprint density at radius 1 is 1.03 bits per heavy atom. The first-order chi connectivity index (χ1) is 14.9. The maximum Gasteiger partial charge on any atom is 0.239 e. The minimum atomic E-state index is -0.0875. The SMILES string of the molecule is CC(C)(C)c1cc(NC(=O)CN2CCC(N3CCCCC3)CC2)n(-c2ccccc2)n1. The molecule has 1 aromatic heterocycles. The van der Waals surface area contributed by atoms with E-state index in [0.29, 0.717) is 12.6 Å². The van der Waals surface area contributed by atoms with Gasteiger partial charge in [-0.25, -0.2) is 4.68 Å². The van der Waals surface area contributed by atoms with E-state index in [0.717, 1.165) is 30.3 Å². The molecule has 4 rings (SSSR count). The number of para-hydroxylation sites is 1. The molecule has 2 aromatic rings. The molecule has 0 atom stereocenters. The molecule has 31 heavy (non-hydrogen) atoms. The number of rotatable bonds is 5. The number of carbonyl (C=O) groups excluding carboxylic acids is 1. The van der Waals surface area contributed by atoms with Gasteiger partial charge in [-0.3, -0.25) is 9.69 Å². The molecule has 2 aliphatic rings. The van der Waals surface area contributed by atoms with E-state index in [-0.39, 0.29) is 11.3 Å². The third-order valence-electron chi connectivity index (χ3n) is 6.58. The monoisotopic (exact) mass is 423 g/mol. The number of hydrogen-bond acceptors (Lipinski definition) is 4. The number of carbonyl (C=O) groups is 1. The van der Waals surface area contributed by atoms with Crippen LogP contribution in [0.4, 0.5) is 5.82 Å². The average molecular weight is 424 g/mol. The van der Waals surface area contributed by atoms with Crippen molar-refractivity contribution in [2.75, 3.05) is 38.0 Å². The quantitative estimate of drug-likeness (QED) is 0.788. The Morgan fingerprint density at radius 3 is 2.35 bits per heavy atom. The Hall–Kier alpha value is -2.18. The third-order valence-corrected chi connectivity index (χ3v) is 6.58. The van der Waals surface area contributed by atoms with Crippen LogP contribution < -0.4 is 5.32 Å². The normalized spacial score (nSPS) is 19.5. The average Bonchev–Trinajstić information content (AvgIpc) is 3.20. The standard InChI is InChI=1S/C25H37N5O/c1-25(2,3)22-18-23(30(27-22)21-10-6-4-7-11-21)26-24(31)19-28-16-12-20(13-17-28)29-14-8-5-9-15-29/h4,6-7,10-11,18,20H,5,8-9,12-17,19H2,1-3H3,(H,26,31). The second kappa shape index (κ2) is 9.53. The van der Waals surface area contributed by atoms with Crippen molar-refractivity contribution < 1.29 is 4.79 Å². The number of nitrogens with zero attached hydrogens (tertiary/aromatic N) is 4. The molecule has 3 heterocycles. The Morgan fingerprint density at radius 2 is 1.71 bits per heavy atom. The van der Waals surface area contributed by atoms with Gasteiger partial charge in [-0.15, -0.1) is 0 Å². The van der Waals surface area contributed by atoms with Crippen LogP contribution in [0.1, 0.15) is 58.6 Å². The van der Waals surface area contributed by atoms with Crippen molar-refractivity contribution >= 4 is 11.7 Å². The summed E-state index contributed by atoms with van der Waals surface area (Å²) < 4.78 is 1.85.